The molecule has 1 aromatic rings. The minimum Gasteiger partial charge on any atom is -0.357 e. The van der Waals surface area contributed by atoms with Crippen LogP contribution in [0.15, 0.2) is 35.3 Å². The molecule has 6 heteroatoms. The minimum absolute atomic E-state index is 0. The first-order valence-electron chi connectivity index (χ1n) is 9.55. The molecule has 26 heavy (non-hydrogen) atoms. The molecule has 1 heterocycles. The van der Waals surface area contributed by atoms with E-state index in [0.29, 0.717) is 17.9 Å². The fourth-order valence-corrected chi connectivity index (χ4v) is 3.61. The maximum Gasteiger partial charge on any atom is 0.242 e. The number of aliphatic imine (C=N–C) groups is 1. The van der Waals surface area contributed by atoms with Crippen LogP contribution in [0.5, 0.6) is 0 Å². The van der Waals surface area contributed by atoms with Gasteiger partial charge in [-0.05, 0) is 43.6 Å². The van der Waals surface area contributed by atoms with E-state index in [0.717, 1.165) is 44.9 Å². The first-order valence-corrected chi connectivity index (χ1v) is 9.55. The second kappa shape index (κ2) is 10.1. The molecule has 1 amide bonds. The van der Waals surface area contributed by atoms with Crippen molar-refractivity contribution in [1.82, 2.24) is 15.5 Å². The number of hydrogen-bond acceptors (Lipinski definition) is 2. The highest BCUT2D eigenvalue weighted by Gasteiger charge is 2.29. The number of piperidine rings is 1. The Kier molecular flexibility index (Phi) is 8.18. The Morgan fingerprint density at radius 2 is 1.96 bits per heavy atom. The molecular formula is C20H31IN4O. The summed E-state index contributed by atoms with van der Waals surface area (Å²) in [5, 5.41) is 6.35. The summed E-state index contributed by atoms with van der Waals surface area (Å²) in [6.45, 7) is 7.35. The van der Waals surface area contributed by atoms with Crippen molar-refractivity contribution in [2.45, 2.75) is 45.1 Å². The van der Waals surface area contributed by atoms with E-state index in [-0.39, 0.29) is 36.4 Å². The summed E-state index contributed by atoms with van der Waals surface area (Å²) < 4.78 is 0. The molecule has 0 radical (unpaired) electrons. The van der Waals surface area contributed by atoms with E-state index in [2.05, 4.69) is 64.7 Å². The molecule has 1 aliphatic heterocycles. The van der Waals surface area contributed by atoms with Gasteiger partial charge in [-0.1, -0.05) is 37.3 Å². The van der Waals surface area contributed by atoms with Crippen LogP contribution in [-0.4, -0.2) is 49.0 Å². The number of nitrogens with zero attached hydrogens (tertiary/aromatic N) is 2. The van der Waals surface area contributed by atoms with Crippen LogP contribution >= 0.6 is 24.0 Å². The Labute approximate surface area is 174 Å². The van der Waals surface area contributed by atoms with Crippen molar-refractivity contribution in [2.24, 2.45) is 10.9 Å². The summed E-state index contributed by atoms with van der Waals surface area (Å²) in [5.41, 5.74) is 1.43. The third-order valence-corrected chi connectivity index (χ3v) is 5.08. The molecule has 2 unspecified atom stereocenters. The quantitative estimate of drug-likeness (QED) is 0.395. The van der Waals surface area contributed by atoms with Crippen LogP contribution in [0.2, 0.25) is 0 Å². The van der Waals surface area contributed by atoms with Gasteiger partial charge in [0.1, 0.15) is 6.54 Å². The number of benzene rings is 1. The molecule has 2 aliphatic rings. The van der Waals surface area contributed by atoms with E-state index >= 15 is 0 Å². The molecule has 3 rings (SSSR count). The van der Waals surface area contributed by atoms with Crippen LogP contribution in [0.3, 0.4) is 0 Å². The van der Waals surface area contributed by atoms with Gasteiger partial charge in [-0.15, -0.1) is 24.0 Å². The zero-order chi connectivity index (χ0) is 17.6. The molecule has 0 bridgehead atoms. The van der Waals surface area contributed by atoms with Gasteiger partial charge in [0, 0.05) is 25.7 Å². The summed E-state index contributed by atoms with van der Waals surface area (Å²) in [4.78, 5) is 18.8. The van der Waals surface area contributed by atoms with Crippen molar-refractivity contribution in [2.75, 3.05) is 26.2 Å². The Hall–Kier alpha value is -1.31. The fraction of sp³-hybridized carbons (Fsp3) is 0.600. The average Bonchev–Trinajstić information content (AvgIpc) is 3.43. The molecule has 1 saturated heterocycles. The highest BCUT2D eigenvalue weighted by molar-refractivity contribution is 14.0. The molecule has 0 aromatic heterocycles. The number of amides is 1. The monoisotopic (exact) mass is 470 g/mol. The van der Waals surface area contributed by atoms with Crippen molar-refractivity contribution in [3.05, 3.63) is 35.9 Å². The Morgan fingerprint density at radius 3 is 2.58 bits per heavy atom. The van der Waals surface area contributed by atoms with Crippen LogP contribution < -0.4 is 10.6 Å². The Balaban J connectivity index is 0.00000243. The average molecular weight is 470 g/mol. The minimum atomic E-state index is 0. The molecule has 1 saturated carbocycles. The van der Waals surface area contributed by atoms with E-state index in [1.165, 1.54) is 5.56 Å². The van der Waals surface area contributed by atoms with Crippen LogP contribution in [-0.2, 0) is 4.79 Å². The second-order valence-corrected chi connectivity index (χ2v) is 7.24. The molecule has 1 aromatic carbocycles. The predicted octanol–water partition coefficient (Wildman–Crippen LogP) is 2.97. The topological polar surface area (TPSA) is 56.7 Å². The molecule has 144 valence electrons. The summed E-state index contributed by atoms with van der Waals surface area (Å²) in [7, 11) is 0. The first-order chi connectivity index (χ1) is 12.2. The van der Waals surface area contributed by atoms with Crippen LogP contribution in [0, 0.1) is 5.92 Å². The fourth-order valence-electron chi connectivity index (χ4n) is 3.61. The van der Waals surface area contributed by atoms with Crippen LogP contribution in [0.1, 0.15) is 44.6 Å². The van der Waals surface area contributed by atoms with Gasteiger partial charge in [0.05, 0.1) is 0 Å². The molecule has 2 fully saturated rings. The number of likely N-dealkylation sites (tertiary alicyclic amines) is 1. The number of guanidine groups is 1. The van der Waals surface area contributed by atoms with Crippen molar-refractivity contribution < 1.29 is 4.79 Å². The third-order valence-electron chi connectivity index (χ3n) is 5.08. The lowest BCUT2D eigenvalue weighted by molar-refractivity contribution is -0.119. The molecule has 5 nitrogen and oxygen atoms in total. The summed E-state index contributed by atoms with van der Waals surface area (Å²) in [6.07, 6.45) is 3.34. The maximum absolute atomic E-state index is 11.9. The highest BCUT2D eigenvalue weighted by Crippen LogP contribution is 2.32. The summed E-state index contributed by atoms with van der Waals surface area (Å²) in [6, 6.07) is 11.2. The SMILES string of the molecule is CCNC(=NCC(=O)NC1CC1)N1CCC(c2ccccc2)C(C)C1.I. The molecule has 2 atom stereocenters. The Morgan fingerprint density at radius 1 is 1.23 bits per heavy atom. The number of carbonyl (C=O) groups is 1. The lowest BCUT2D eigenvalue weighted by atomic mass is 9.82. The van der Waals surface area contributed by atoms with E-state index in [1.807, 2.05) is 0 Å². The van der Waals surface area contributed by atoms with Gasteiger partial charge in [-0.2, -0.15) is 0 Å². The van der Waals surface area contributed by atoms with Gasteiger partial charge >= 0.3 is 0 Å². The maximum atomic E-state index is 11.9. The standard InChI is InChI=1S/C20H30N4O.HI/c1-3-21-20(22-13-19(25)23-17-9-10-17)24-12-11-18(15(2)14-24)16-7-5-4-6-8-16;/h4-8,15,17-18H,3,9-14H2,1-2H3,(H,21,22)(H,23,25);1H. The van der Waals surface area contributed by atoms with Crippen molar-refractivity contribution in [1.29, 1.82) is 0 Å². The smallest absolute Gasteiger partial charge is 0.242 e. The second-order valence-electron chi connectivity index (χ2n) is 7.24. The number of halogens is 1. The molecular weight excluding hydrogens is 439 g/mol. The zero-order valence-corrected chi connectivity index (χ0v) is 18.1. The summed E-state index contributed by atoms with van der Waals surface area (Å²) >= 11 is 0. The van der Waals surface area contributed by atoms with Gasteiger partial charge in [0.25, 0.3) is 0 Å². The summed E-state index contributed by atoms with van der Waals surface area (Å²) in [5.74, 6) is 2.05. The largest absolute Gasteiger partial charge is 0.357 e. The Bertz CT molecular complexity index is 603. The van der Waals surface area contributed by atoms with Crippen molar-refractivity contribution >= 4 is 35.8 Å². The predicted molar refractivity (Wildman–Crippen MR) is 117 cm³/mol. The van der Waals surface area contributed by atoms with E-state index in [1.54, 1.807) is 0 Å². The van der Waals surface area contributed by atoms with Gasteiger partial charge in [-0.3, -0.25) is 4.79 Å². The zero-order valence-electron chi connectivity index (χ0n) is 15.8. The highest BCUT2D eigenvalue weighted by atomic mass is 127. The van der Waals surface area contributed by atoms with E-state index < -0.39 is 0 Å². The normalized spacial score (nSPS) is 23.2. The van der Waals surface area contributed by atoms with E-state index in [9.17, 15) is 4.79 Å². The third kappa shape index (κ3) is 5.86. The lowest BCUT2D eigenvalue weighted by Gasteiger charge is -2.39. The van der Waals surface area contributed by atoms with Crippen molar-refractivity contribution in [3.8, 4) is 0 Å². The van der Waals surface area contributed by atoms with Crippen LogP contribution in [0.25, 0.3) is 0 Å². The van der Waals surface area contributed by atoms with Crippen LogP contribution in [0.4, 0.5) is 0 Å². The number of carbonyl (C=O) groups excluding carboxylic acids is 1. The molecule has 1 aliphatic carbocycles. The number of hydrogen-bond donors (Lipinski definition) is 2. The van der Waals surface area contributed by atoms with Gasteiger partial charge in [0.15, 0.2) is 5.96 Å². The van der Waals surface area contributed by atoms with Gasteiger partial charge in [0.2, 0.25) is 5.91 Å². The molecule has 2 N–H and O–H groups in total. The number of nitrogens with one attached hydrogen (secondary N) is 2. The van der Waals surface area contributed by atoms with Crippen molar-refractivity contribution in [3.63, 3.8) is 0 Å². The van der Waals surface area contributed by atoms with Gasteiger partial charge in [-0.25, -0.2) is 4.99 Å². The van der Waals surface area contributed by atoms with Gasteiger partial charge < -0.3 is 15.5 Å². The molecule has 0 spiro atoms. The number of rotatable bonds is 5. The van der Waals surface area contributed by atoms with E-state index in [4.69, 9.17) is 0 Å². The lowest BCUT2D eigenvalue weighted by Crippen LogP contribution is -2.48. The first kappa shape index (κ1) is 21.0.